The average molecular weight is 502 g/mol. The van der Waals surface area contributed by atoms with Gasteiger partial charge in [-0.15, -0.1) is 0 Å². The van der Waals surface area contributed by atoms with Gasteiger partial charge in [-0.2, -0.15) is 12.6 Å². The van der Waals surface area contributed by atoms with E-state index in [1.54, 1.807) is 36.4 Å². The van der Waals surface area contributed by atoms with Crippen molar-refractivity contribution >= 4 is 36.3 Å². The van der Waals surface area contributed by atoms with Gasteiger partial charge in [0.2, 0.25) is 23.6 Å². The zero-order chi connectivity index (χ0) is 26.0. The van der Waals surface area contributed by atoms with Gasteiger partial charge in [-0.05, 0) is 36.6 Å². The molecule has 0 fully saturated rings. The van der Waals surface area contributed by atoms with E-state index >= 15 is 0 Å². The largest absolute Gasteiger partial charge is 0.508 e. The number of rotatable bonds is 12. The van der Waals surface area contributed by atoms with E-state index in [9.17, 15) is 24.3 Å². The normalized spacial score (nSPS) is 14.1. The van der Waals surface area contributed by atoms with E-state index in [0.717, 1.165) is 11.1 Å². The Morgan fingerprint density at radius 2 is 1.40 bits per heavy atom. The Balaban J connectivity index is 1.90. The van der Waals surface area contributed by atoms with Crippen molar-refractivity contribution in [3.05, 3.63) is 65.7 Å². The van der Waals surface area contributed by atoms with Crippen LogP contribution in [0.4, 0.5) is 0 Å². The first kappa shape index (κ1) is 27.7. The number of hydrogen-bond donors (Lipinski definition) is 7. The number of nitrogens with two attached hydrogens (primary N) is 2. The van der Waals surface area contributed by atoms with Gasteiger partial charge in [0.15, 0.2) is 0 Å². The quantitative estimate of drug-likeness (QED) is 0.191. The lowest BCUT2D eigenvalue weighted by Gasteiger charge is -2.23. The first-order valence-electron chi connectivity index (χ1n) is 11.0. The van der Waals surface area contributed by atoms with E-state index in [4.69, 9.17) is 11.5 Å². The Kier molecular flexibility index (Phi) is 10.6. The Labute approximate surface area is 209 Å². The van der Waals surface area contributed by atoms with Gasteiger partial charge in [-0.25, -0.2) is 0 Å². The molecule has 8 N–H and O–H groups in total. The van der Waals surface area contributed by atoms with E-state index in [2.05, 4.69) is 28.6 Å². The predicted molar refractivity (Wildman–Crippen MR) is 134 cm³/mol. The number of amides is 4. The van der Waals surface area contributed by atoms with Gasteiger partial charge >= 0.3 is 0 Å². The molecule has 0 saturated heterocycles. The van der Waals surface area contributed by atoms with Crippen LogP contribution in [-0.4, -0.2) is 58.7 Å². The number of carbonyl (C=O) groups is 4. The van der Waals surface area contributed by atoms with Crippen LogP contribution >= 0.6 is 12.6 Å². The highest BCUT2D eigenvalue weighted by molar-refractivity contribution is 7.80. The molecular weight excluding hydrogens is 470 g/mol. The number of phenols is 1. The Morgan fingerprint density at radius 1 is 0.829 bits per heavy atom. The molecule has 188 valence electrons. The molecule has 35 heavy (non-hydrogen) atoms. The number of phenolic OH excluding ortho intramolecular Hbond substituents is 1. The van der Waals surface area contributed by atoms with Crippen molar-refractivity contribution in [1.29, 1.82) is 0 Å². The average Bonchev–Trinajstić information content (AvgIpc) is 2.83. The molecule has 4 atom stereocenters. The monoisotopic (exact) mass is 501 g/mol. The van der Waals surface area contributed by atoms with E-state index in [-0.39, 0.29) is 24.3 Å². The van der Waals surface area contributed by atoms with Crippen molar-refractivity contribution in [2.24, 2.45) is 11.5 Å². The summed E-state index contributed by atoms with van der Waals surface area (Å²) in [5.74, 6) is -2.46. The van der Waals surface area contributed by atoms with Gasteiger partial charge in [0.05, 0.1) is 6.04 Å². The third-order valence-electron chi connectivity index (χ3n) is 5.24. The van der Waals surface area contributed by atoms with Crippen LogP contribution in [0.15, 0.2) is 54.6 Å². The zero-order valence-electron chi connectivity index (χ0n) is 19.3. The molecule has 0 spiro atoms. The molecule has 0 radical (unpaired) electrons. The maximum absolute atomic E-state index is 12.7. The van der Waals surface area contributed by atoms with Gasteiger partial charge in [-0.1, -0.05) is 42.5 Å². The lowest BCUT2D eigenvalue weighted by Crippen LogP contribution is -2.57. The minimum atomic E-state index is -1.06. The zero-order valence-corrected chi connectivity index (χ0v) is 20.2. The van der Waals surface area contributed by atoms with Crippen LogP contribution in [0.1, 0.15) is 18.1 Å². The van der Waals surface area contributed by atoms with Crippen LogP contribution in [-0.2, 0) is 32.0 Å². The number of hydrogen-bond acceptors (Lipinski definition) is 7. The Morgan fingerprint density at radius 3 is 1.97 bits per heavy atom. The van der Waals surface area contributed by atoms with Crippen LogP contribution in [0.3, 0.4) is 0 Å². The van der Waals surface area contributed by atoms with Crippen molar-refractivity contribution in [2.45, 2.75) is 43.9 Å². The molecule has 0 heterocycles. The fraction of sp³-hybridized carbons (Fsp3) is 0.333. The standard InChI is InChI=1S/C24H31N5O5S/c1-14(27-23(33)18(25)11-16-7-9-17(30)10-8-16)22(32)29-20(13-35)24(34)28-19(21(26)31)12-15-5-3-2-4-6-15/h2-10,14,18-20,30,35H,11-13,25H2,1H3,(H2,26,31)(H,27,33)(H,28,34)(H,29,32)/t14-,18+,19+,20+/m1/s1. The fourth-order valence-corrected chi connectivity index (χ4v) is 3.46. The second-order valence-electron chi connectivity index (χ2n) is 8.10. The summed E-state index contributed by atoms with van der Waals surface area (Å²) in [6, 6.07) is 11.4. The van der Waals surface area contributed by atoms with E-state index in [1.165, 1.54) is 19.1 Å². The molecule has 2 rings (SSSR count). The second kappa shape index (κ2) is 13.4. The summed E-state index contributed by atoms with van der Waals surface area (Å²) in [5.41, 5.74) is 12.9. The maximum atomic E-state index is 12.7. The van der Waals surface area contributed by atoms with E-state index in [0.29, 0.717) is 0 Å². The van der Waals surface area contributed by atoms with Crippen molar-refractivity contribution < 1.29 is 24.3 Å². The van der Waals surface area contributed by atoms with E-state index < -0.39 is 47.8 Å². The molecule has 0 aliphatic carbocycles. The number of thiol groups is 1. The van der Waals surface area contributed by atoms with Gasteiger partial charge in [0.25, 0.3) is 0 Å². The van der Waals surface area contributed by atoms with Crippen molar-refractivity contribution in [1.82, 2.24) is 16.0 Å². The smallest absolute Gasteiger partial charge is 0.244 e. The number of nitrogens with one attached hydrogen (secondary N) is 3. The predicted octanol–water partition coefficient (Wildman–Crippen LogP) is -0.606. The second-order valence-corrected chi connectivity index (χ2v) is 8.47. The molecule has 11 heteroatoms. The van der Waals surface area contributed by atoms with Crippen LogP contribution in [0.5, 0.6) is 5.75 Å². The SMILES string of the molecule is C[C@@H](NC(=O)[C@@H](N)Cc1ccc(O)cc1)C(=O)N[C@@H](CS)C(=O)N[C@@H](Cc1ccccc1)C(N)=O. The fourth-order valence-electron chi connectivity index (χ4n) is 3.20. The molecule has 2 aromatic carbocycles. The van der Waals surface area contributed by atoms with Crippen molar-refractivity contribution in [3.8, 4) is 5.75 Å². The first-order valence-corrected chi connectivity index (χ1v) is 11.6. The summed E-state index contributed by atoms with van der Waals surface area (Å²) in [6.45, 7) is 1.45. The summed E-state index contributed by atoms with van der Waals surface area (Å²) in [5, 5.41) is 16.9. The summed E-state index contributed by atoms with van der Waals surface area (Å²) in [7, 11) is 0. The Bertz CT molecular complexity index is 1020. The van der Waals surface area contributed by atoms with Gasteiger partial charge < -0.3 is 32.5 Å². The number of aromatic hydroxyl groups is 1. The Hall–Kier alpha value is -3.57. The molecule has 0 aromatic heterocycles. The third kappa shape index (κ3) is 8.95. The molecule has 4 amide bonds. The minimum Gasteiger partial charge on any atom is -0.508 e. The molecular formula is C24H31N5O5S. The van der Waals surface area contributed by atoms with Crippen LogP contribution < -0.4 is 27.4 Å². The minimum absolute atomic E-state index is 0.0462. The molecule has 0 saturated carbocycles. The summed E-state index contributed by atoms with van der Waals surface area (Å²) in [4.78, 5) is 49.5. The highest BCUT2D eigenvalue weighted by Gasteiger charge is 2.27. The lowest BCUT2D eigenvalue weighted by molar-refractivity contribution is -0.132. The van der Waals surface area contributed by atoms with Crippen molar-refractivity contribution in [2.75, 3.05) is 5.75 Å². The summed E-state index contributed by atoms with van der Waals surface area (Å²) in [6.07, 6.45) is 0.401. The first-order chi connectivity index (χ1) is 16.6. The molecule has 2 aromatic rings. The van der Waals surface area contributed by atoms with E-state index in [1.807, 2.05) is 6.07 Å². The molecule has 0 bridgehead atoms. The van der Waals surface area contributed by atoms with Crippen LogP contribution in [0, 0.1) is 0 Å². The molecule has 0 aliphatic rings. The van der Waals surface area contributed by atoms with Crippen LogP contribution in [0.2, 0.25) is 0 Å². The van der Waals surface area contributed by atoms with Gasteiger partial charge in [-0.3, -0.25) is 19.2 Å². The topological polar surface area (TPSA) is 177 Å². The summed E-state index contributed by atoms with van der Waals surface area (Å²) >= 11 is 4.12. The van der Waals surface area contributed by atoms with Gasteiger partial charge in [0.1, 0.15) is 23.9 Å². The molecule has 10 nitrogen and oxygen atoms in total. The highest BCUT2D eigenvalue weighted by atomic mass is 32.1. The number of primary amides is 1. The van der Waals surface area contributed by atoms with Gasteiger partial charge in [0, 0.05) is 12.2 Å². The number of carbonyl (C=O) groups excluding carboxylic acids is 4. The number of benzene rings is 2. The van der Waals surface area contributed by atoms with Crippen molar-refractivity contribution in [3.63, 3.8) is 0 Å². The lowest BCUT2D eigenvalue weighted by atomic mass is 10.0. The maximum Gasteiger partial charge on any atom is 0.244 e. The summed E-state index contributed by atoms with van der Waals surface area (Å²) < 4.78 is 0. The molecule has 0 unspecified atom stereocenters. The third-order valence-corrected chi connectivity index (χ3v) is 5.60. The molecule has 0 aliphatic heterocycles. The van der Waals surface area contributed by atoms with Crippen LogP contribution in [0.25, 0.3) is 0 Å². The highest BCUT2D eigenvalue weighted by Crippen LogP contribution is 2.11.